The Bertz CT molecular complexity index is 612. The van der Waals surface area contributed by atoms with Crippen molar-refractivity contribution in [3.05, 3.63) is 59.7 Å². The number of hydrogen-bond donors (Lipinski definition) is 0. The standard InChI is InChI=1S/C18H21NOS/c1-19(2)11-12-20-16-13-14-7-3-5-9-17(14)21-18-10-6-4-8-15(16)18/h3-10,16H,11-13H2,1-2H3. The van der Waals surface area contributed by atoms with Crippen molar-refractivity contribution in [2.24, 2.45) is 0 Å². The fourth-order valence-corrected chi connectivity index (χ4v) is 3.70. The molecule has 1 heterocycles. The Morgan fingerprint density at radius 1 is 1.05 bits per heavy atom. The van der Waals surface area contributed by atoms with Crippen molar-refractivity contribution >= 4 is 11.8 Å². The van der Waals surface area contributed by atoms with Crippen LogP contribution in [0.5, 0.6) is 0 Å². The number of fused-ring (bicyclic) bond motifs is 2. The topological polar surface area (TPSA) is 12.5 Å². The van der Waals surface area contributed by atoms with Gasteiger partial charge in [-0.15, -0.1) is 0 Å². The lowest BCUT2D eigenvalue weighted by molar-refractivity contribution is 0.0420. The van der Waals surface area contributed by atoms with Crippen LogP contribution < -0.4 is 0 Å². The number of benzene rings is 2. The van der Waals surface area contributed by atoms with E-state index in [1.54, 1.807) is 0 Å². The highest BCUT2D eigenvalue weighted by Crippen LogP contribution is 2.41. The third-order valence-corrected chi connectivity index (χ3v) is 4.93. The first-order valence-electron chi connectivity index (χ1n) is 7.35. The van der Waals surface area contributed by atoms with Crippen LogP contribution in [0.3, 0.4) is 0 Å². The highest BCUT2D eigenvalue weighted by atomic mass is 32.2. The van der Waals surface area contributed by atoms with Gasteiger partial charge in [-0.3, -0.25) is 0 Å². The van der Waals surface area contributed by atoms with Crippen LogP contribution in [0.4, 0.5) is 0 Å². The van der Waals surface area contributed by atoms with E-state index in [0.717, 1.165) is 19.6 Å². The average Bonchev–Trinajstić information content (AvgIpc) is 2.63. The number of nitrogens with zero attached hydrogens (tertiary/aromatic N) is 1. The molecule has 1 aliphatic rings. The minimum absolute atomic E-state index is 0.150. The predicted molar refractivity (Wildman–Crippen MR) is 88.0 cm³/mol. The Morgan fingerprint density at radius 3 is 2.57 bits per heavy atom. The summed E-state index contributed by atoms with van der Waals surface area (Å²) in [5.41, 5.74) is 2.70. The van der Waals surface area contributed by atoms with Gasteiger partial charge in [0.25, 0.3) is 0 Å². The van der Waals surface area contributed by atoms with E-state index < -0.39 is 0 Å². The molecule has 3 heteroatoms. The maximum Gasteiger partial charge on any atom is 0.0877 e. The number of ether oxygens (including phenoxy) is 1. The molecule has 110 valence electrons. The summed E-state index contributed by atoms with van der Waals surface area (Å²) in [6.07, 6.45) is 1.10. The van der Waals surface area contributed by atoms with Gasteiger partial charge in [-0.05, 0) is 37.4 Å². The van der Waals surface area contributed by atoms with Crippen LogP contribution in [0.1, 0.15) is 17.2 Å². The molecule has 2 aromatic rings. The molecular weight excluding hydrogens is 278 g/mol. The van der Waals surface area contributed by atoms with Crippen LogP contribution >= 0.6 is 11.8 Å². The van der Waals surface area contributed by atoms with E-state index in [4.69, 9.17) is 4.74 Å². The van der Waals surface area contributed by atoms with Crippen molar-refractivity contribution in [1.29, 1.82) is 0 Å². The molecule has 0 N–H and O–H groups in total. The van der Waals surface area contributed by atoms with Crippen molar-refractivity contribution in [1.82, 2.24) is 4.90 Å². The van der Waals surface area contributed by atoms with E-state index in [2.05, 4.69) is 67.5 Å². The summed E-state index contributed by atoms with van der Waals surface area (Å²) in [7, 11) is 4.16. The predicted octanol–water partition coefficient (Wildman–Crippen LogP) is 4.01. The van der Waals surface area contributed by atoms with E-state index in [0.29, 0.717) is 0 Å². The van der Waals surface area contributed by atoms with E-state index in [9.17, 15) is 0 Å². The molecule has 2 aromatic carbocycles. The molecule has 1 aliphatic heterocycles. The zero-order chi connectivity index (χ0) is 14.7. The smallest absolute Gasteiger partial charge is 0.0877 e. The normalized spacial score (nSPS) is 17.2. The van der Waals surface area contributed by atoms with Gasteiger partial charge in [0.15, 0.2) is 0 Å². The SMILES string of the molecule is CN(C)CCOC1Cc2ccccc2Sc2ccccc21. The van der Waals surface area contributed by atoms with Gasteiger partial charge in [-0.25, -0.2) is 0 Å². The van der Waals surface area contributed by atoms with E-state index >= 15 is 0 Å². The molecule has 1 atom stereocenters. The largest absolute Gasteiger partial charge is 0.372 e. The van der Waals surface area contributed by atoms with Crippen LogP contribution in [0.15, 0.2) is 58.3 Å². The average molecular weight is 299 g/mol. The Kier molecular flexibility index (Phi) is 4.63. The Labute approximate surface area is 131 Å². The fraction of sp³-hybridized carbons (Fsp3) is 0.333. The molecule has 0 spiro atoms. The lowest BCUT2D eigenvalue weighted by Crippen LogP contribution is -2.20. The van der Waals surface area contributed by atoms with Gasteiger partial charge >= 0.3 is 0 Å². The van der Waals surface area contributed by atoms with Crippen LogP contribution in [-0.4, -0.2) is 32.1 Å². The highest BCUT2D eigenvalue weighted by molar-refractivity contribution is 7.99. The number of hydrogen-bond acceptors (Lipinski definition) is 3. The van der Waals surface area contributed by atoms with Crippen molar-refractivity contribution in [3.8, 4) is 0 Å². The summed E-state index contributed by atoms with van der Waals surface area (Å²) in [5, 5.41) is 0. The Morgan fingerprint density at radius 2 is 1.76 bits per heavy atom. The molecule has 1 unspecified atom stereocenters. The van der Waals surface area contributed by atoms with Gasteiger partial charge in [-0.1, -0.05) is 48.2 Å². The molecular formula is C18H21NOS. The molecule has 0 saturated heterocycles. The maximum absolute atomic E-state index is 6.20. The highest BCUT2D eigenvalue weighted by Gasteiger charge is 2.22. The van der Waals surface area contributed by atoms with Gasteiger partial charge in [0.05, 0.1) is 12.7 Å². The second kappa shape index (κ2) is 6.65. The first-order chi connectivity index (χ1) is 10.2. The van der Waals surface area contributed by atoms with Gasteiger partial charge < -0.3 is 9.64 Å². The first kappa shape index (κ1) is 14.6. The fourth-order valence-electron chi connectivity index (χ4n) is 2.57. The van der Waals surface area contributed by atoms with Crippen molar-refractivity contribution in [2.45, 2.75) is 22.3 Å². The summed E-state index contributed by atoms with van der Waals surface area (Å²) < 4.78 is 6.20. The van der Waals surface area contributed by atoms with Gasteiger partial charge in [-0.2, -0.15) is 0 Å². The van der Waals surface area contributed by atoms with E-state index in [-0.39, 0.29) is 6.10 Å². The lowest BCUT2D eigenvalue weighted by atomic mass is 10.0. The van der Waals surface area contributed by atoms with E-state index in [1.165, 1.54) is 20.9 Å². The third-order valence-electron chi connectivity index (χ3n) is 3.72. The van der Waals surface area contributed by atoms with Crippen LogP contribution in [-0.2, 0) is 11.2 Å². The van der Waals surface area contributed by atoms with Crippen molar-refractivity contribution in [2.75, 3.05) is 27.2 Å². The monoisotopic (exact) mass is 299 g/mol. The van der Waals surface area contributed by atoms with Gasteiger partial charge in [0.1, 0.15) is 0 Å². The Balaban J connectivity index is 1.88. The van der Waals surface area contributed by atoms with Gasteiger partial charge in [0, 0.05) is 22.8 Å². The van der Waals surface area contributed by atoms with Crippen LogP contribution in [0.2, 0.25) is 0 Å². The minimum atomic E-state index is 0.150. The molecule has 0 bridgehead atoms. The second-order valence-electron chi connectivity index (χ2n) is 5.61. The van der Waals surface area contributed by atoms with Crippen LogP contribution in [0, 0.1) is 0 Å². The van der Waals surface area contributed by atoms with Crippen LogP contribution in [0.25, 0.3) is 0 Å². The molecule has 3 rings (SSSR count). The molecule has 2 nitrogen and oxygen atoms in total. The summed E-state index contributed by atoms with van der Waals surface area (Å²) in [5.74, 6) is 0. The molecule has 0 fully saturated rings. The third kappa shape index (κ3) is 3.49. The number of rotatable bonds is 4. The minimum Gasteiger partial charge on any atom is -0.372 e. The molecule has 0 saturated carbocycles. The number of likely N-dealkylation sites (N-methyl/N-ethyl adjacent to an activating group) is 1. The molecule has 21 heavy (non-hydrogen) atoms. The molecule has 0 amide bonds. The lowest BCUT2D eigenvalue weighted by Gasteiger charge is -2.20. The second-order valence-corrected chi connectivity index (χ2v) is 6.70. The molecule has 0 aromatic heterocycles. The zero-order valence-corrected chi connectivity index (χ0v) is 13.4. The molecule has 0 aliphatic carbocycles. The van der Waals surface area contributed by atoms with Gasteiger partial charge in [0.2, 0.25) is 0 Å². The summed E-state index contributed by atoms with van der Waals surface area (Å²) in [6.45, 7) is 1.71. The maximum atomic E-state index is 6.20. The summed E-state index contributed by atoms with van der Waals surface area (Å²) in [4.78, 5) is 4.83. The van der Waals surface area contributed by atoms with E-state index in [1.807, 2.05) is 11.8 Å². The summed E-state index contributed by atoms with van der Waals surface area (Å²) >= 11 is 1.86. The van der Waals surface area contributed by atoms with Crippen molar-refractivity contribution in [3.63, 3.8) is 0 Å². The zero-order valence-electron chi connectivity index (χ0n) is 12.6. The Hall–Kier alpha value is -1.29. The first-order valence-corrected chi connectivity index (χ1v) is 8.16. The van der Waals surface area contributed by atoms with Crippen molar-refractivity contribution < 1.29 is 4.74 Å². The summed E-state index contributed by atoms with van der Waals surface area (Å²) in [6, 6.07) is 17.3. The molecule has 0 radical (unpaired) electrons. The quantitative estimate of drug-likeness (QED) is 0.846.